The fourth-order valence-electron chi connectivity index (χ4n) is 1.75. The second kappa shape index (κ2) is 7.84. The summed E-state index contributed by atoms with van der Waals surface area (Å²) in [6.45, 7) is 4.61. The summed E-state index contributed by atoms with van der Waals surface area (Å²) >= 11 is 0. The third-order valence-corrected chi connectivity index (χ3v) is 4.80. The summed E-state index contributed by atoms with van der Waals surface area (Å²) in [7, 11) is -0.473. The maximum Gasteiger partial charge on any atom is 0.242 e. The lowest BCUT2D eigenvalue weighted by Gasteiger charge is -2.18. The maximum absolute atomic E-state index is 13.6. The van der Waals surface area contributed by atoms with Gasteiger partial charge in [-0.05, 0) is 39.1 Å². The second-order valence-corrected chi connectivity index (χ2v) is 7.07. The molecule has 7 heteroatoms. The number of rotatable bonds is 8. The Balaban J connectivity index is 2.89. The highest BCUT2D eigenvalue weighted by molar-refractivity contribution is 7.89. The van der Waals surface area contributed by atoms with E-state index in [9.17, 15) is 12.8 Å². The fourth-order valence-corrected chi connectivity index (χ4v) is 2.96. The molecule has 0 unspecified atom stereocenters. The summed E-state index contributed by atoms with van der Waals surface area (Å²) in [4.78, 5) is 0.0844. The molecule has 0 fully saturated rings. The van der Waals surface area contributed by atoms with Crippen molar-refractivity contribution in [2.45, 2.75) is 31.4 Å². The minimum Gasteiger partial charge on any atom is -0.377 e. The average Bonchev–Trinajstić information content (AvgIpc) is 2.40. The van der Waals surface area contributed by atoms with Crippen LogP contribution < -0.4 is 5.32 Å². The third-order valence-electron chi connectivity index (χ3n) is 2.95. The smallest absolute Gasteiger partial charge is 0.242 e. The monoisotopic (exact) mass is 318 g/mol. The molecule has 0 amide bonds. The van der Waals surface area contributed by atoms with E-state index in [2.05, 4.69) is 5.32 Å². The van der Waals surface area contributed by atoms with Crippen molar-refractivity contribution in [2.75, 3.05) is 27.2 Å². The molecule has 1 aromatic carbocycles. The van der Waals surface area contributed by atoms with Crippen LogP contribution in [0.5, 0.6) is 0 Å². The Kier molecular flexibility index (Phi) is 6.73. The van der Waals surface area contributed by atoms with Gasteiger partial charge in [-0.1, -0.05) is 0 Å². The topological polar surface area (TPSA) is 58.6 Å². The highest BCUT2D eigenvalue weighted by Gasteiger charge is 2.21. The summed E-state index contributed by atoms with van der Waals surface area (Å²) < 4.78 is 44.9. The number of nitrogens with one attached hydrogen (secondary N) is 1. The molecule has 0 aromatic heterocycles. The van der Waals surface area contributed by atoms with Crippen LogP contribution in [0.1, 0.15) is 19.4 Å². The van der Waals surface area contributed by atoms with Crippen molar-refractivity contribution in [2.24, 2.45) is 0 Å². The third kappa shape index (κ3) is 5.03. The maximum atomic E-state index is 13.6. The van der Waals surface area contributed by atoms with Gasteiger partial charge in [-0.15, -0.1) is 0 Å². The summed E-state index contributed by atoms with van der Waals surface area (Å²) in [6, 6.07) is 3.82. The SMILES string of the molecule is CNCc1cc(S(=O)(=O)N(C)CCOC(C)C)ccc1F. The van der Waals surface area contributed by atoms with Gasteiger partial charge >= 0.3 is 0 Å². The fraction of sp³-hybridized carbons (Fsp3) is 0.571. The Morgan fingerprint density at radius 2 is 2.05 bits per heavy atom. The van der Waals surface area contributed by atoms with Gasteiger partial charge in [0.05, 0.1) is 17.6 Å². The molecule has 1 N–H and O–H groups in total. The Morgan fingerprint density at radius 3 is 2.62 bits per heavy atom. The number of ether oxygens (including phenoxy) is 1. The van der Waals surface area contributed by atoms with Crippen molar-refractivity contribution in [3.8, 4) is 0 Å². The number of hydrogen-bond donors (Lipinski definition) is 1. The first kappa shape index (κ1) is 18.0. The van der Waals surface area contributed by atoms with E-state index in [4.69, 9.17) is 4.74 Å². The molecular formula is C14H23FN2O3S. The molecule has 0 aliphatic rings. The van der Waals surface area contributed by atoms with Gasteiger partial charge in [-0.2, -0.15) is 4.31 Å². The molecule has 120 valence electrons. The van der Waals surface area contributed by atoms with Crippen LogP contribution in [0.4, 0.5) is 4.39 Å². The largest absolute Gasteiger partial charge is 0.377 e. The number of halogens is 1. The van der Waals surface area contributed by atoms with Crippen LogP contribution in [0.25, 0.3) is 0 Å². The summed E-state index contributed by atoms with van der Waals surface area (Å²) in [5.41, 5.74) is 0.324. The molecular weight excluding hydrogens is 295 g/mol. The molecule has 21 heavy (non-hydrogen) atoms. The van der Waals surface area contributed by atoms with Crippen molar-refractivity contribution in [1.82, 2.24) is 9.62 Å². The zero-order chi connectivity index (χ0) is 16.0. The lowest BCUT2D eigenvalue weighted by molar-refractivity contribution is 0.0737. The molecule has 0 radical (unpaired) electrons. The quantitative estimate of drug-likeness (QED) is 0.791. The second-order valence-electron chi connectivity index (χ2n) is 5.03. The predicted octanol–water partition coefficient (Wildman–Crippen LogP) is 1.59. The van der Waals surface area contributed by atoms with Crippen molar-refractivity contribution in [3.63, 3.8) is 0 Å². The normalized spacial score (nSPS) is 12.3. The molecule has 0 saturated carbocycles. The van der Waals surface area contributed by atoms with E-state index in [-0.39, 0.29) is 24.1 Å². The zero-order valence-corrected chi connectivity index (χ0v) is 13.7. The molecule has 0 spiro atoms. The van der Waals surface area contributed by atoms with Crippen molar-refractivity contribution < 1.29 is 17.5 Å². The minimum atomic E-state index is -3.64. The number of sulfonamides is 1. The van der Waals surface area contributed by atoms with E-state index < -0.39 is 15.8 Å². The number of nitrogens with zero attached hydrogens (tertiary/aromatic N) is 1. The average molecular weight is 318 g/mol. The molecule has 1 aromatic rings. The molecule has 5 nitrogen and oxygen atoms in total. The van der Waals surface area contributed by atoms with Gasteiger partial charge in [0.2, 0.25) is 10.0 Å². The van der Waals surface area contributed by atoms with Gasteiger partial charge in [0.1, 0.15) is 5.82 Å². The first-order valence-corrected chi connectivity index (χ1v) is 8.24. The van der Waals surface area contributed by atoms with E-state index in [1.165, 1.54) is 29.6 Å². The van der Waals surface area contributed by atoms with Gasteiger partial charge in [0.15, 0.2) is 0 Å². The van der Waals surface area contributed by atoms with E-state index >= 15 is 0 Å². The lowest BCUT2D eigenvalue weighted by Crippen LogP contribution is -2.31. The molecule has 0 aliphatic heterocycles. The van der Waals surface area contributed by atoms with E-state index in [1.54, 1.807) is 7.05 Å². The highest BCUT2D eigenvalue weighted by atomic mass is 32.2. The first-order chi connectivity index (χ1) is 9.78. The molecule has 0 atom stereocenters. The van der Waals surface area contributed by atoms with Crippen LogP contribution in [-0.2, 0) is 21.3 Å². The van der Waals surface area contributed by atoms with Crippen molar-refractivity contribution in [3.05, 3.63) is 29.6 Å². The highest BCUT2D eigenvalue weighted by Crippen LogP contribution is 2.18. The van der Waals surface area contributed by atoms with Gasteiger partial charge in [0.25, 0.3) is 0 Å². The van der Waals surface area contributed by atoms with Gasteiger partial charge in [-0.3, -0.25) is 0 Å². The molecule has 0 aliphatic carbocycles. The van der Waals surface area contributed by atoms with Crippen LogP contribution in [0.2, 0.25) is 0 Å². The predicted molar refractivity (Wildman–Crippen MR) is 80.1 cm³/mol. The molecule has 0 saturated heterocycles. The van der Waals surface area contributed by atoms with Crippen LogP contribution in [0.15, 0.2) is 23.1 Å². The van der Waals surface area contributed by atoms with Crippen LogP contribution >= 0.6 is 0 Å². The van der Waals surface area contributed by atoms with Gasteiger partial charge < -0.3 is 10.1 Å². The van der Waals surface area contributed by atoms with Crippen LogP contribution in [0, 0.1) is 5.82 Å². The first-order valence-electron chi connectivity index (χ1n) is 6.80. The van der Waals surface area contributed by atoms with Gasteiger partial charge in [0, 0.05) is 25.7 Å². The van der Waals surface area contributed by atoms with Crippen LogP contribution in [0.3, 0.4) is 0 Å². The molecule has 0 heterocycles. The molecule has 1 rings (SSSR count). The summed E-state index contributed by atoms with van der Waals surface area (Å²) in [6.07, 6.45) is 0.0501. The van der Waals surface area contributed by atoms with E-state index in [0.29, 0.717) is 12.2 Å². The standard InChI is InChI=1S/C14H23FN2O3S/c1-11(2)20-8-7-17(4)21(18,19)13-5-6-14(15)12(9-13)10-16-3/h5-6,9,11,16H,7-8,10H2,1-4H3. The summed E-state index contributed by atoms with van der Waals surface area (Å²) in [5.74, 6) is -0.422. The Hall–Kier alpha value is -1.02. The van der Waals surface area contributed by atoms with Crippen molar-refractivity contribution in [1.29, 1.82) is 0 Å². The minimum absolute atomic E-state index is 0.0501. The van der Waals surface area contributed by atoms with E-state index in [0.717, 1.165) is 0 Å². The number of benzene rings is 1. The Morgan fingerprint density at radius 1 is 1.38 bits per heavy atom. The summed E-state index contributed by atoms with van der Waals surface area (Å²) in [5, 5.41) is 2.81. The van der Waals surface area contributed by atoms with Crippen molar-refractivity contribution >= 4 is 10.0 Å². The number of hydrogen-bond acceptors (Lipinski definition) is 4. The Labute approximate surface area is 126 Å². The molecule has 0 bridgehead atoms. The Bertz CT molecular complexity index is 561. The van der Waals surface area contributed by atoms with E-state index in [1.807, 2.05) is 13.8 Å². The number of likely N-dealkylation sites (N-methyl/N-ethyl adjacent to an activating group) is 1. The lowest BCUT2D eigenvalue weighted by atomic mass is 10.2. The van der Waals surface area contributed by atoms with Gasteiger partial charge in [-0.25, -0.2) is 12.8 Å². The zero-order valence-electron chi connectivity index (χ0n) is 12.9. The van der Waals surface area contributed by atoms with Crippen LogP contribution in [-0.4, -0.2) is 46.1 Å².